The second-order valence-electron chi connectivity index (χ2n) is 11.5. The third-order valence-electron chi connectivity index (χ3n) is 8.86. The van der Waals surface area contributed by atoms with Gasteiger partial charge in [-0.1, -0.05) is 13.0 Å². The van der Waals surface area contributed by atoms with Crippen LogP contribution in [0.5, 0.6) is 5.75 Å². The number of rotatable bonds is 6. The number of nitrogens with one attached hydrogen (secondary N) is 1. The van der Waals surface area contributed by atoms with Crippen molar-refractivity contribution in [3.05, 3.63) is 39.9 Å². The Hall–Kier alpha value is -2.25. The van der Waals surface area contributed by atoms with E-state index in [1.54, 1.807) is 6.20 Å². The van der Waals surface area contributed by atoms with Crippen molar-refractivity contribution >= 4 is 28.2 Å². The van der Waals surface area contributed by atoms with E-state index in [0.717, 1.165) is 42.5 Å². The largest absolute Gasteiger partial charge is 0.508 e. The molecule has 1 aromatic carbocycles. The molecule has 2 aromatic rings. The van der Waals surface area contributed by atoms with Gasteiger partial charge in [-0.25, -0.2) is 4.98 Å². The number of hydrogen-bond donors (Lipinski definition) is 2. The molecular formula is C28H37N3O3S. The Kier molecular flexibility index (Phi) is 6.51. The number of carbonyl (C=O) groups is 2. The summed E-state index contributed by atoms with van der Waals surface area (Å²) in [6.45, 7) is 4.88. The van der Waals surface area contributed by atoms with Crippen molar-refractivity contribution < 1.29 is 14.7 Å². The van der Waals surface area contributed by atoms with Gasteiger partial charge in [0.1, 0.15) is 11.5 Å². The van der Waals surface area contributed by atoms with Gasteiger partial charge < -0.3 is 15.3 Å². The number of anilines is 1. The van der Waals surface area contributed by atoms with Gasteiger partial charge in [-0.15, -0.1) is 11.3 Å². The molecule has 2 saturated carbocycles. The number of nitrogens with zero attached hydrogens (tertiary/aromatic N) is 2. The number of aromatic nitrogens is 1. The second kappa shape index (κ2) is 9.32. The number of benzene rings is 1. The van der Waals surface area contributed by atoms with E-state index in [1.165, 1.54) is 22.5 Å². The van der Waals surface area contributed by atoms with Crippen LogP contribution in [0.3, 0.4) is 0 Å². The molecule has 0 bridgehead atoms. The number of thiazole rings is 1. The molecular weight excluding hydrogens is 458 g/mol. The fourth-order valence-corrected chi connectivity index (χ4v) is 8.04. The van der Waals surface area contributed by atoms with Crippen molar-refractivity contribution in [3.8, 4) is 5.75 Å². The van der Waals surface area contributed by atoms with E-state index in [-0.39, 0.29) is 17.2 Å². The highest BCUT2D eigenvalue weighted by Crippen LogP contribution is 2.62. The molecule has 3 aliphatic rings. The molecule has 0 saturated heterocycles. The standard InChI is InChI=1S/C28H37N3O3S/c1-16-14-29-27(35-16)30-25(34)8-6-18-13-24(33)28(2)10-9-20-21(26(18)28)7-5-17-12-23(32)19(11-22(17)20)15-31(3)4/h11-12,14,18,20-21,26,32H,5-10,13,15H2,1-4H3,(H,29,30,34)/t18-,20?,21?,26?,28-/m1/s1. The fourth-order valence-electron chi connectivity index (χ4n) is 7.36. The first-order valence-electron chi connectivity index (χ1n) is 12.9. The van der Waals surface area contributed by atoms with Crippen LogP contribution in [0.15, 0.2) is 18.3 Å². The average Bonchev–Trinajstić information content (AvgIpc) is 3.32. The van der Waals surface area contributed by atoms with E-state index in [4.69, 9.17) is 0 Å². The summed E-state index contributed by atoms with van der Waals surface area (Å²) < 4.78 is 0. The minimum absolute atomic E-state index is 0.00875. The lowest BCUT2D eigenvalue weighted by atomic mass is 9.54. The number of amides is 1. The molecule has 2 N–H and O–H groups in total. The molecule has 6 nitrogen and oxygen atoms in total. The lowest BCUT2D eigenvalue weighted by molar-refractivity contribution is -0.129. The molecule has 1 heterocycles. The fraction of sp³-hybridized carbons (Fsp3) is 0.607. The van der Waals surface area contributed by atoms with E-state index in [0.29, 0.717) is 53.8 Å². The summed E-state index contributed by atoms with van der Waals surface area (Å²) in [5, 5.41) is 14.2. The van der Waals surface area contributed by atoms with Crippen LogP contribution in [0.25, 0.3) is 0 Å². The van der Waals surface area contributed by atoms with Crippen LogP contribution in [0, 0.1) is 30.1 Å². The Labute approximate surface area is 212 Å². The van der Waals surface area contributed by atoms with Crippen LogP contribution in [0.1, 0.15) is 72.9 Å². The number of Topliss-reactive ketones (excluding diaryl/α,β-unsaturated/α-hetero) is 1. The van der Waals surface area contributed by atoms with E-state index in [1.807, 2.05) is 27.1 Å². The monoisotopic (exact) mass is 495 g/mol. The molecule has 3 aliphatic carbocycles. The normalized spacial score (nSPS) is 29.6. The minimum Gasteiger partial charge on any atom is -0.508 e. The number of aromatic hydroxyl groups is 1. The Morgan fingerprint density at radius 1 is 1.31 bits per heavy atom. The van der Waals surface area contributed by atoms with E-state index >= 15 is 0 Å². The van der Waals surface area contributed by atoms with Crippen LogP contribution >= 0.6 is 11.3 Å². The topological polar surface area (TPSA) is 82.5 Å². The number of hydrogen-bond acceptors (Lipinski definition) is 6. The van der Waals surface area contributed by atoms with Crippen molar-refractivity contribution in [3.63, 3.8) is 0 Å². The highest BCUT2D eigenvalue weighted by atomic mass is 32.1. The van der Waals surface area contributed by atoms with Crippen LogP contribution in [-0.4, -0.2) is 40.8 Å². The summed E-state index contributed by atoms with van der Waals surface area (Å²) in [4.78, 5) is 33.3. The Bertz CT molecular complexity index is 1140. The molecule has 5 rings (SSSR count). The molecule has 1 aromatic heterocycles. The van der Waals surface area contributed by atoms with Gasteiger partial charge in [0.15, 0.2) is 5.13 Å². The number of phenolic OH excluding ortho intramolecular Hbond substituents is 1. The van der Waals surface area contributed by atoms with Gasteiger partial charge >= 0.3 is 0 Å². The van der Waals surface area contributed by atoms with Crippen molar-refractivity contribution in [1.82, 2.24) is 9.88 Å². The van der Waals surface area contributed by atoms with Gasteiger partial charge in [-0.2, -0.15) is 0 Å². The van der Waals surface area contributed by atoms with Crippen molar-refractivity contribution in [2.45, 2.75) is 71.3 Å². The lowest BCUT2D eigenvalue weighted by Crippen LogP contribution is -2.44. The maximum absolute atomic E-state index is 13.3. The van der Waals surface area contributed by atoms with E-state index in [9.17, 15) is 14.7 Å². The molecule has 0 spiro atoms. The third-order valence-corrected chi connectivity index (χ3v) is 9.69. The van der Waals surface area contributed by atoms with Crippen LogP contribution in [0.2, 0.25) is 0 Å². The molecule has 1 amide bonds. The zero-order chi connectivity index (χ0) is 24.9. The number of phenols is 1. The quantitative estimate of drug-likeness (QED) is 0.569. The zero-order valence-electron chi connectivity index (χ0n) is 21.3. The first-order valence-corrected chi connectivity index (χ1v) is 13.7. The summed E-state index contributed by atoms with van der Waals surface area (Å²) in [5.41, 5.74) is 3.37. The summed E-state index contributed by atoms with van der Waals surface area (Å²) in [6, 6.07) is 4.22. The average molecular weight is 496 g/mol. The van der Waals surface area contributed by atoms with Crippen LogP contribution in [0.4, 0.5) is 5.13 Å². The Balaban J connectivity index is 1.36. The highest BCUT2D eigenvalue weighted by molar-refractivity contribution is 7.15. The molecule has 0 aliphatic heterocycles. The van der Waals surface area contributed by atoms with Crippen molar-refractivity contribution in [1.29, 1.82) is 0 Å². The zero-order valence-corrected chi connectivity index (χ0v) is 22.1. The Morgan fingerprint density at radius 2 is 2.11 bits per heavy atom. The van der Waals surface area contributed by atoms with Crippen LogP contribution < -0.4 is 5.32 Å². The molecule has 5 atom stereocenters. The third kappa shape index (κ3) is 4.53. The van der Waals surface area contributed by atoms with Gasteiger partial charge in [0, 0.05) is 41.4 Å². The summed E-state index contributed by atoms with van der Waals surface area (Å²) in [6.07, 6.45) is 7.50. The number of fused-ring (bicyclic) bond motifs is 5. The predicted molar refractivity (Wildman–Crippen MR) is 139 cm³/mol. The maximum atomic E-state index is 13.3. The first kappa shape index (κ1) is 24.4. The summed E-state index contributed by atoms with van der Waals surface area (Å²) >= 11 is 1.49. The van der Waals surface area contributed by atoms with Crippen LogP contribution in [-0.2, 0) is 22.6 Å². The Morgan fingerprint density at radius 3 is 2.83 bits per heavy atom. The number of aryl methyl sites for hydroxylation is 2. The van der Waals surface area contributed by atoms with Gasteiger partial charge in [-0.05, 0) is 94.0 Å². The molecule has 2 fully saturated rings. The summed E-state index contributed by atoms with van der Waals surface area (Å²) in [5.74, 6) is 2.24. The molecule has 3 unspecified atom stereocenters. The number of ketones is 1. The molecule has 7 heteroatoms. The molecule has 0 radical (unpaired) electrons. The molecule has 188 valence electrons. The molecule has 35 heavy (non-hydrogen) atoms. The lowest BCUT2D eigenvalue weighted by Gasteiger charge is -2.50. The van der Waals surface area contributed by atoms with Gasteiger partial charge in [-0.3, -0.25) is 9.59 Å². The van der Waals surface area contributed by atoms with Crippen molar-refractivity contribution in [2.75, 3.05) is 19.4 Å². The van der Waals surface area contributed by atoms with Gasteiger partial charge in [0.05, 0.1) is 0 Å². The predicted octanol–water partition coefficient (Wildman–Crippen LogP) is 5.29. The number of carbonyl (C=O) groups excluding carboxylic acids is 2. The minimum atomic E-state index is -0.268. The van der Waals surface area contributed by atoms with Crippen molar-refractivity contribution in [2.24, 2.45) is 23.2 Å². The SMILES string of the molecule is Cc1cnc(NC(=O)CC[C@@H]2CC(=O)[C@@]3(C)CCC4c5cc(CN(C)C)c(O)cc5CCC4C23)s1. The first-order chi connectivity index (χ1) is 16.7. The highest BCUT2D eigenvalue weighted by Gasteiger charge is 2.58. The van der Waals surface area contributed by atoms with E-state index < -0.39 is 0 Å². The van der Waals surface area contributed by atoms with E-state index in [2.05, 4.69) is 28.2 Å². The van der Waals surface area contributed by atoms with Gasteiger partial charge in [0.25, 0.3) is 0 Å². The van der Waals surface area contributed by atoms with Gasteiger partial charge in [0.2, 0.25) is 5.91 Å². The smallest absolute Gasteiger partial charge is 0.226 e. The second-order valence-corrected chi connectivity index (χ2v) is 12.7. The summed E-state index contributed by atoms with van der Waals surface area (Å²) in [7, 11) is 4.04. The maximum Gasteiger partial charge on any atom is 0.226 e.